The third-order valence-electron chi connectivity index (χ3n) is 2.18. The zero-order valence-electron chi connectivity index (χ0n) is 8.57. The van der Waals surface area contributed by atoms with Gasteiger partial charge in [0.15, 0.2) is 0 Å². The second kappa shape index (κ2) is 3.90. The molecular formula is C10H10FN3O2. The quantitative estimate of drug-likeness (QED) is 0.802. The van der Waals surface area contributed by atoms with E-state index in [2.05, 4.69) is 10.1 Å². The highest BCUT2D eigenvalue weighted by Gasteiger charge is 2.18. The van der Waals surface area contributed by atoms with E-state index in [-0.39, 0.29) is 29.6 Å². The van der Waals surface area contributed by atoms with Gasteiger partial charge in [-0.1, -0.05) is 11.2 Å². The zero-order chi connectivity index (χ0) is 11.7. The number of phenolic OH excluding ortho intramolecular Hbond substituents is 1. The Balaban J connectivity index is 2.58. The maximum absolute atomic E-state index is 13.7. The van der Waals surface area contributed by atoms with Gasteiger partial charge < -0.3 is 15.4 Å². The molecule has 2 aromatic rings. The Morgan fingerprint density at radius 1 is 1.50 bits per heavy atom. The Hall–Kier alpha value is -1.95. The summed E-state index contributed by atoms with van der Waals surface area (Å²) in [5, 5.41) is 13.1. The van der Waals surface area contributed by atoms with Crippen LogP contribution < -0.4 is 5.73 Å². The summed E-state index contributed by atoms with van der Waals surface area (Å²) in [5.74, 6) is -0.605. The molecule has 3 N–H and O–H groups in total. The Morgan fingerprint density at radius 3 is 2.88 bits per heavy atom. The minimum atomic E-state index is -0.565. The van der Waals surface area contributed by atoms with Gasteiger partial charge in [0.2, 0.25) is 11.7 Å². The molecule has 0 aliphatic heterocycles. The minimum Gasteiger partial charge on any atom is -0.507 e. The SMILES string of the molecule is Cc1ccc(O)c(-c2noc(CN)n2)c1F. The Labute approximate surface area is 90.7 Å². The first-order valence-corrected chi connectivity index (χ1v) is 4.64. The monoisotopic (exact) mass is 223 g/mol. The molecule has 0 fully saturated rings. The fourth-order valence-electron chi connectivity index (χ4n) is 1.32. The lowest BCUT2D eigenvalue weighted by atomic mass is 10.1. The van der Waals surface area contributed by atoms with E-state index in [1.54, 1.807) is 6.92 Å². The fraction of sp³-hybridized carbons (Fsp3) is 0.200. The van der Waals surface area contributed by atoms with Crippen molar-refractivity contribution in [1.29, 1.82) is 0 Å². The summed E-state index contributed by atoms with van der Waals surface area (Å²) in [5.41, 5.74) is 5.62. The van der Waals surface area contributed by atoms with Crippen LogP contribution in [0.5, 0.6) is 5.75 Å². The molecule has 0 aliphatic rings. The predicted octanol–water partition coefficient (Wildman–Crippen LogP) is 1.35. The van der Waals surface area contributed by atoms with Crippen molar-refractivity contribution < 1.29 is 14.0 Å². The van der Waals surface area contributed by atoms with Gasteiger partial charge in [0.25, 0.3) is 0 Å². The molecule has 0 saturated carbocycles. The van der Waals surface area contributed by atoms with Crippen molar-refractivity contribution in [3.8, 4) is 17.1 Å². The van der Waals surface area contributed by atoms with Gasteiger partial charge in [-0.15, -0.1) is 0 Å². The standard InChI is InChI=1S/C10H10FN3O2/c1-5-2-3-6(15)8(9(5)11)10-13-7(4-12)16-14-10/h2-3,15H,4,12H2,1H3. The number of aromatic nitrogens is 2. The third-order valence-corrected chi connectivity index (χ3v) is 2.18. The second-order valence-corrected chi connectivity index (χ2v) is 3.31. The molecule has 5 nitrogen and oxygen atoms in total. The molecule has 1 aromatic carbocycles. The first kappa shape index (κ1) is 10.6. The number of nitrogens with two attached hydrogens (primary N) is 1. The molecule has 1 aromatic heterocycles. The smallest absolute Gasteiger partial charge is 0.240 e. The maximum atomic E-state index is 13.7. The molecule has 0 saturated heterocycles. The lowest BCUT2D eigenvalue weighted by Crippen LogP contribution is -1.96. The van der Waals surface area contributed by atoms with Gasteiger partial charge in [0.1, 0.15) is 17.1 Å². The molecule has 16 heavy (non-hydrogen) atoms. The van der Waals surface area contributed by atoms with E-state index in [0.717, 1.165) is 0 Å². The lowest BCUT2D eigenvalue weighted by molar-refractivity contribution is 0.380. The highest BCUT2D eigenvalue weighted by molar-refractivity contribution is 5.65. The molecule has 0 unspecified atom stereocenters. The molecule has 1 heterocycles. The molecule has 2 rings (SSSR count). The highest BCUT2D eigenvalue weighted by atomic mass is 19.1. The number of halogens is 1. The Kier molecular flexibility index (Phi) is 2.57. The van der Waals surface area contributed by atoms with Crippen LogP contribution in [-0.2, 0) is 6.54 Å². The first-order valence-electron chi connectivity index (χ1n) is 4.64. The van der Waals surface area contributed by atoms with Gasteiger partial charge in [-0.2, -0.15) is 4.98 Å². The van der Waals surface area contributed by atoms with Crippen LogP contribution in [0.25, 0.3) is 11.4 Å². The van der Waals surface area contributed by atoms with Crippen LogP contribution >= 0.6 is 0 Å². The van der Waals surface area contributed by atoms with Crippen LogP contribution in [0.4, 0.5) is 4.39 Å². The number of hydrogen-bond donors (Lipinski definition) is 2. The van der Waals surface area contributed by atoms with Crippen LogP contribution in [0, 0.1) is 12.7 Å². The summed E-state index contributed by atoms with van der Waals surface area (Å²) in [6, 6.07) is 2.85. The van der Waals surface area contributed by atoms with E-state index in [1.165, 1.54) is 12.1 Å². The molecule has 84 valence electrons. The predicted molar refractivity (Wildman–Crippen MR) is 54.0 cm³/mol. The van der Waals surface area contributed by atoms with Crippen molar-refractivity contribution in [3.05, 3.63) is 29.4 Å². The van der Waals surface area contributed by atoms with E-state index in [4.69, 9.17) is 10.3 Å². The molecule has 0 atom stereocenters. The fourth-order valence-corrected chi connectivity index (χ4v) is 1.32. The summed E-state index contributed by atoms with van der Waals surface area (Å²) >= 11 is 0. The highest BCUT2D eigenvalue weighted by Crippen LogP contribution is 2.31. The van der Waals surface area contributed by atoms with Crippen molar-refractivity contribution in [2.45, 2.75) is 13.5 Å². The topological polar surface area (TPSA) is 85.2 Å². The first-order chi connectivity index (χ1) is 7.63. The average molecular weight is 223 g/mol. The largest absolute Gasteiger partial charge is 0.507 e. The number of nitrogens with zero attached hydrogens (tertiary/aromatic N) is 2. The van der Waals surface area contributed by atoms with Crippen molar-refractivity contribution in [2.24, 2.45) is 5.73 Å². The van der Waals surface area contributed by atoms with Crippen LogP contribution in [0.2, 0.25) is 0 Å². The van der Waals surface area contributed by atoms with Gasteiger partial charge in [-0.3, -0.25) is 0 Å². The van der Waals surface area contributed by atoms with E-state index >= 15 is 0 Å². The van der Waals surface area contributed by atoms with Gasteiger partial charge in [-0.05, 0) is 18.6 Å². The van der Waals surface area contributed by atoms with Crippen molar-refractivity contribution in [2.75, 3.05) is 0 Å². The van der Waals surface area contributed by atoms with E-state index in [0.29, 0.717) is 5.56 Å². The van der Waals surface area contributed by atoms with E-state index < -0.39 is 5.82 Å². The number of phenols is 1. The number of benzene rings is 1. The summed E-state index contributed by atoms with van der Waals surface area (Å²) < 4.78 is 18.5. The van der Waals surface area contributed by atoms with E-state index in [1.807, 2.05) is 0 Å². The van der Waals surface area contributed by atoms with Crippen molar-refractivity contribution >= 4 is 0 Å². The average Bonchev–Trinajstić information content (AvgIpc) is 2.73. The van der Waals surface area contributed by atoms with Crippen LogP contribution in [0.3, 0.4) is 0 Å². The van der Waals surface area contributed by atoms with Crippen LogP contribution in [-0.4, -0.2) is 15.2 Å². The van der Waals surface area contributed by atoms with Gasteiger partial charge in [-0.25, -0.2) is 4.39 Å². The number of hydrogen-bond acceptors (Lipinski definition) is 5. The van der Waals surface area contributed by atoms with Gasteiger partial charge in [0.05, 0.1) is 6.54 Å². The molecule has 0 amide bonds. The Bertz CT molecular complexity index is 525. The van der Waals surface area contributed by atoms with Crippen LogP contribution in [0.15, 0.2) is 16.7 Å². The third kappa shape index (κ3) is 1.63. The van der Waals surface area contributed by atoms with Crippen molar-refractivity contribution in [1.82, 2.24) is 10.1 Å². The summed E-state index contributed by atoms with van der Waals surface area (Å²) in [6.07, 6.45) is 0. The minimum absolute atomic E-state index is 0.000787. The molecule has 0 radical (unpaired) electrons. The summed E-state index contributed by atoms with van der Waals surface area (Å²) in [4.78, 5) is 3.86. The van der Waals surface area contributed by atoms with Gasteiger partial charge in [0, 0.05) is 0 Å². The maximum Gasteiger partial charge on any atom is 0.240 e. The Morgan fingerprint density at radius 2 is 2.25 bits per heavy atom. The number of aromatic hydroxyl groups is 1. The number of aryl methyl sites for hydroxylation is 1. The van der Waals surface area contributed by atoms with E-state index in [9.17, 15) is 9.50 Å². The molecule has 6 heteroatoms. The van der Waals surface area contributed by atoms with Crippen molar-refractivity contribution in [3.63, 3.8) is 0 Å². The summed E-state index contributed by atoms with van der Waals surface area (Å²) in [6.45, 7) is 1.66. The summed E-state index contributed by atoms with van der Waals surface area (Å²) in [7, 11) is 0. The molecule has 0 aliphatic carbocycles. The normalized spacial score (nSPS) is 10.7. The molecular weight excluding hydrogens is 213 g/mol. The molecule has 0 bridgehead atoms. The number of rotatable bonds is 2. The lowest BCUT2D eigenvalue weighted by Gasteiger charge is -2.03. The van der Waals surface area contributed by atoms with Crippen LogP contribution in [0.1, 0.15) is 11.5 Å². The second-order valence-electron chi connectivity index (χ2n) is 3.31. The zero-order valence-corrected chi connectivity index (χ0v) is 8.57. The van der Waals surface area contributed by atoms with Gasteiger partial charge >= 0.3 is 0 Å². The molecule has 0 spiro atoms.